The first-order valence-corrected chi connectivity index (χ1v) is 11.3. The number of aryl methyl sites for hydroxylation is 1. The van der Waals surface area contributed by atoms with Gasteiger partial charge < -0.3 is 15.4 Å². The first-order chi connectivity index (χ1) is 15.8. The molecule has 0 radical (unpaired) electrons. The van der Waals surface area contributed by atoms with E-state index < -0.39 is 29.5 Å². The van der Waals surface area contributed by atoms with Crippen LogP contribution in [0, 0.1) is 12.8 Å². The normalized spacial score (nSPS) is 15.6. The van der Waals surface area contributed by atoms with Gasteiger partial charge in [-0.2, -0.15) is 13.2 Å². The molecule has 1 fully saturated rings. The maximum absolute atomic E-state index is 13.5. The SMILES string of the molecule is Cc1nccc(C(F)(F)F)c1-c1ccc(NC(=O)C(NC(=O)OC(C)(C)C)C2CCCC2)cc1. The highest BCUT2D eigenvalue weighted by Crippen LogP contribution is 2.38. The summed E-state index contributed by atoms with van der Waals surface area (Å²) >= 11 is 0. The molecule has 6 nitrogen and oxygen atoms in total. The highest BCUT2D eigenvalue weighted by atomic mass is 19.4. The first kappa shape index (κ1) is 25.5. The van der Waals surface area contributed by atoms with E-state index in [1.807, 2.05) is 0 Å². The maximum Gasteiger partial charge on any atom is 0.417 e. The molecule has 1 aliphatic carbocycles. The van der Waals surface area contributed by atoms with Crippen molar-refractivity contribution in [3.8, 4) is 11.1 Å². The molecule has 9 heteroatoms. The number of hydrogen-bond donors (Lipinski definition) is 2. The molecule has 2 aromatic rings. The number of carbonyl (C=O) groups excluding carboxylic acids is 2. The Morgan fingerprint density at radius 2 is 1.68 bits per heavy atom. The van der Waals surface area contributed by atoms with Gasteiger partial charge in [-0.3, -0.25) is 9.78 Å². The third-order valence-electron chi connectivity index (χ3n) is 5.71. The molecule has 0 bridgehead atoms. The molecule has 1 atom stereocenters. The highest BCUT2D eigenvalue weighted by molar-refractivity contribution is 5.97. The fourth-order valence-electron chi connectivity index (χ4n) is 4.23. The second-order valence-electron chi connectivity index (χ2n) is 9.55. The number of carbonyl (C=O) groups is 2. The van der Waals surface area contributed by atoms with Crippen LogP contribution in [0.4, 0.5) is 23.7 Å². The number of amides is 2. The van der Waals surface area contributed by atoms with Gasteiger partial charge in [0.25, 0.3) is 0 Å². The molecule has 184 valence electrons. The third kappa shape index (κ3) is 6.48. The summed E-state index contributed by atoms with van der Waals surface area (Å²) in [5, 5.41) is 5.48. The van der Waals surface area contributed by atoms with E-state index >= 15 is 0 Å². The molecule has 0 aliphatic heterocycles. The smallest absolute Gasteiger partial charge is 0.417 e. The third-order valence-corrected chi connectivity index (χ3v) is 5.71. The Hall–Kier alpha value is -3.10. The van der Waals surface area contributed by atoms with Crippen LogP contribution in [0.15, 0.2) is 36.5 Å². The predicted octanol–water partition coefficient (Wildman–Crippen LogP) is 6.10. The monoisotopic (exact) mass is 477 g/mol. The van der Waals surface area contributed by atoms with Crippen molar-refractivity contribution in [1.82, 2.24) is 10.3 Å². The first-order valence-electron chi connectivity index (χ1n) is 11.3. The summed E-state index contributed by atoms with van der Waals surface area (Å²) in [7, 11) is 0. The Bertz CT molecular complexity index is 1020. The Morgan fingerprint density at radius 1 is 1.06 bits per heavy atom. The van der Waals surface area contributed by atoms with Gasteiger partial charge in [0.1, 0.15) is 11.6 Å². The maximum atomic E-state index is 13.5. The van der Waals surface area contributed by atoms with E-state index in [0.29, 0.717) is 11.3 Å². The molecule has 1 aliphatic rings. The molecule has 1 unspecified atom stereocenters. The minimum absolute atomic E-state index is 0.00306. The van der Waals surface area contributed by atoms with Crippen LogP contribution in [0.3, 0.4) is 0 Å². The number of ether oxygens (including phenoxy) is 1. The fourth-order valence-corrected chi connectivity index (χ4v) is 4.23. The van der Waals surface area contributed by atoms with E-state index in [9.17, 15) is 22.8 Å². The summed E-state index contributed by atoms with van der Waals surface area (Å²) in [5.74, 6) is -0.404. The molecule has 3 rings (SSSR count). The average Bonchev–Trinajstić information content (AvgIpc) is 3.25. The number of hydrogen-bond acceptors (Lipinski definition) is 4. The lowest BCUT2D eigenvalue weighted by molar-refractivity contribution is -0.137. The summed E-state index contributed by atoms with van der Waals surface area (Å²) in [6, 6.07) is 6.29. The van der Waals surface area contributed by atoms with E-state index in [0.717, 1.165) is 37.9 Å². The number of aromatic nitrogens is 1. The lowest BCUT2D eigenvalue weighted by atomic mass is 9.96. The Kier molecular flexibility index (Phi) is 7.53. The predicted molar refractivity (Wildman–Crippen MR) is 123 cm³/mol. The number of anilines is 1. The van der Waals surface area contributed by atoms with Crippen LogP contribution in [0.25, 0.3) is 11.1 Å². The summed E-state index contributed by atoms with van der Waals surface area (Å²) < 4.78 is 45.8. The van der Waals surface area contributed by atoms with Gasteiger partial charge in [0, 0.05) is 23.1 Å². The number of benzene rings is 1. The summed E-state index contributed by atoms with van der Waals surface area (Å²) in [6.07, 6.45) is -0.465. The molecule has 1 aromatic heterocycles. The molecular weight excluding hydrogens is 447 g/mol. The number of pyridine rings is 1. The van der Waals surface area contributed by atoms with E-state index in [1.165, 1.54) is 19.1 Å². The molecule has 1 aromatic carbocycles. The lowest BCUT2D eigenvalue weighted by Crippen LogP contribution is -2.49. The van der Waals surface area contributed by atoms with Crippen molar-refractivity contribution in [2.24, 2.45) is 5.92 Å². The molecular formula is C25H30F3N3O3. The summed E-state index contributed by atoms with van der Waals surface area (Å²) in [4.78, 5) is 29.4. The second-order valence-corrected chi connectivity index (χ2v) is 9.55. The van der Waals surface area contributed by atoms with Gasteiger partial charge in [0.2, 0.25) is 5.91 Å². The number of alkyl carbamates (subject to hydrolysis) is 1. The van der Waals surface area contributed by atoms with Crippen LogP contribution in [-0.4, -0.2) is 28.6 Å². The minimum Gasteiger partial charge on any atom is -0.444 e. The topological polar surface area (TPSA) is 80.3 Å². The zero-order valence-electron chi connectivity index (χ0n) is 19.8. The minimum atomic E-state index is -4.52. The molecule has 34 heavy (non-hydrogen) atoms. The highest BCUT2D eigenvalue weighted by Gasteiger charge is 2.35. The fraction of sp³-hybridized carbons (Fsp3) is 0.480. The van der Waals surface area contributed by atoms with Crippen molar-refractivity contribution in [3.63, 3.8) is 0 Å². The largest absolute Gasteiger partial charge is 0.444 e. The lowest BCUT2D eigenvalue weighted by Gasteiger charge is -2.26. The van der Waals surface area contributed by atoms with Crippen LogP contribution in [-0.2, 0) is 15.7 Å². The van der Waals surface area contributed by atoms with Gasteiger partial charge in [-0.1, -0.05) is 25.0 Å². The number of rotatable bonds is 5. The molecule has 0 saturated heterocycles. The van der Waals surface area contributed by atoms with Gasteiger partial charge in [-0.05, 0) is 70.2 Å². The Balaban J connectivity index is 1.78. The number of alkyl halides is 3. The quantitative estimate of drug-likeness (QED) is 0.546. The van der Waals surface area contributed by atoms with Crippen molar-refractivity contribution in [2.45, 2.75) is 71.2 Å². The standard InChI is InChI=1S/C25H30F3N3O3/c1-15-20(19(13-14-29-15)25(26,27)28)16-9-11-18(12-10-16)30-22(32)21(17-7-5-6-8-17)31-23(33)34-24(2,3)4/h9-14,17,21H,5-8H2,1-4H3,(H,30,32)(H,31,33). The molecule has 2 N–H and O–H groups in total. The molecule has 0 spiro atoms. The summed E-state index contributed by atoms with van der Waals surface area (Å²) in [5.41, 5.74) is -0.443. The van der Waals surface area contributed by atoms with Crippen molar-refractivity contribution < 1.29 is 27.5 Å². The number of halogens is 3. The van der Waals surface area contributed by atoms with Gasteiger partial charge in [-0.15, -0.1) is 0 Å². The van der Waals surface area contributed by atoms with Crippen molar-refractivity contribution in [2.75, 3.05) is 5.32 Å². The van der Waals surface area contributed by atoms with Crippen LogP contribution in [0.1, 0.15) is 57.7 Å². The zero-order valence-corrected chi connectivity index (χ0v) is 19.8. The van der Waals surface area contributed by atoms with Crippen molar-refractivity contribution in [1.29, 1.82) is 0 Å². The zero-order chi connectivity index (χ0) is 25.1. The van der Waals surface area contributed by atoms with Crippen molar-refractivity contribution in [3.05, 3.63) is 47.8 Å². The Labute approximate surface area is 197 Å². The van der Waals surface area contributed by atoms with Gasteiger partial charge >= 0.3 is 12.3 Å². The number of nitrogens with one attached hydrogen (secondary N) is 2. The van der Waals surface area contributed by atoms with E-state index in [2.05, 4.69) is 15.6 Å². The van der Waals surface area contributed by atoms with Crippen LogP contribution >= 0.6 is 0 Å². The molecule has 2 amide bonds. The van der Waals surface area contributed by atoms with Crippen molar-refractivity contribution >= 4 is 17.7 Å². The second kappa shape index (κ2) is 10.0. The van der Waals surface area contributed by atoms with E-state index in [-0.39, 0.29) is 23.1 Å². The number of nitrogens with zero attached hydrogens (tertiary/aromatic N) is 1. The van der Waals surface area contributed by atoms with Gasteiger partial charge in [0.15, 0.2) is 0 Å². The van der Waals surface area contributed by atoms with Crippen LogP contribution in [0.2, 0.25) is 0 Å². The van der Waals surface area contributed by atoms with Crippen LogP contribution in [0.5, 0.6) is 0 Å². The average molecular weight is 478 g/mol. The van der Waals surface area contributed by atoms with Crippen LogP contribution < -0.4 is 10.6 Å². The molecule has 1 saturated carbocycles. The van der Waals surface area contributed by atoms with Gasteiger partial charge in [0.05, 0.1) is 5.56 Å². The molecule has 1 heterocycles. The van der Waals surface area contributed by atoms with E-state index in [4.69, 9.17) is 4.74 Å². The Morgan fingerprint density at radius 3 is 2.24 bits per heavy atom. The van der Waals surface area contributed by atoms with E-state index in [1.54, 1.807) is 32.9 Å². The summed E-state index contributed by atoms with van der Waals surface area (Å²) in [6.45, 7) is 6.75. The van der Waals surface area contributed by atoms with Gasteiger partial charge in [-0.25, -0.2) is 4.79 Å².